The number of nitrogens with zero attached hydrogens (tertiary/aromatic N) is 2. The number of hydrogen-bond donors (Lipinski definition) is 0. The van der Waals surface area contributed by atoms with E-state index in [4.69, 9.17) is 4.74 Å². The summed E-state index contributed by atoms with van der Waals surface area (Å²) in [6, 6.07) is 19.8. The van der Waals surface area contributed by atoms with Gasteiger partial charge in [0.15, 0.2) is 0 Å². The van der Waals surface area contributed by atoms with Crippen LogP contribution in [0.5, 0.6) is 5.75 Å². The second-order valence-electron chi connectivity index (χ2n) is 7.70. The molecule has 35 heavy (non-hydrogen) atoms. The summed E-state index contributed by atoms with van der Waals surface area (Å²) < 4.78 is 5.42. The Kier molecular flexibility index (Phi) is 5.39. The second kappa shape index (κ2) is 8.68. The van der Waals surface area contributed by atoms with Gasteiger partial charge in [-0.1, -0.05) is 24.3 Å². The van der Waals surface area contributed by atoms with E-state index in [-0.39, 0.29) is 17.4 Å². The molecule has 4 amide bonds. The van der Waals surface area contributed by atoms with Crippen LogP contribution in [0.1, 0.15) is 10.4 Å². The third kappa shape index (κ3) is 4.16. The number of ether oxygens (including phenoxy) is 1. The molecule has 0 unspecified atom stereocenters. The molecule has 8 heteroatoms. The molecule has 0 saturated heterocycles. The van der Waals surface area contributed by atoms with Gasteiger partial charge in [-0.25, -0.2) is 14.6 Å². The molecule has 0 spiro atoms. The van der Waals surface area contributed by atoms with Crippen LogP contribution in [0.3, 0.4) is 0 Å². The van der Waals surface area contributed by atoms with Gasteiger partial charge in [0.1, 0.15) is 5.75 Å². The Bertz CT molecular complexity index is 1400. The Morgan fingerprint density at radius 3 is 1.31 bits per heavy atom. The topological polar surface area (TPSA) is 101 Å². The SMILES string of the molecule is O=C(Oc1ccc(-c2ccc(N3C(=O)C=CC3=O)cc2)cc1)c1ccc(N2C(=O)C=CC2=O)cc1. The van der Waals surface area contributed by atoms with Crippen molar-refractivity contribution in [3.63, 3.8) is 0 Å². The molecular formula is C27H16N2O6. The molecule has 0 aromatic heterocycles. The Morgan fingerprint density at radius 2 is 0.886 bits per heavy atom. The molecular weight excluding hydrogens is 448 g/mol. The predicted octanol–water partition coefficient (Wildman–Crippen LogP) is 3.43. The highest BCUT2D eigenvalue weighted by molar-refractivity contribution is 6.28. The lowest BCUT2D eigenvalue weighted by atomic mass is 10.1. The molecule has 0 N–H and O–H groups in total. The molecule has 3 aromatic carbocycles. The van der Waals surface area contributed by atoms with E-state index in [0.717, 1.165) is 20.9 Å². The first kappa shape index (κ1) is 21.7. The summed E-state index contributed by atoms with van der Waals surface area (Å²) in [5.41, 5.74) is 2.83. The number of esters is 1. The highest BCUT2D eigenvalue weighted by atomic mass is 16.5. The molecule has 0 radical (unpaired) electrons. The Labute approximate surface area is 199 Å². The number of amides is 4. The molecule has 2 aliphatic heterocycles. The van der Waals surface area contributed by atoms with E-state index in [2.05, 4.69) is 0 Å². The maximum atomic E-state index is 12.5. The monoisotopic (exact) mass is 464 g/mol. The van der Waals surface area contributed by atoms with E-state index >= 15 is 0 Å². The van der Waals surface area contributed by atoms with Gasteiger partial charge in [-0.15, -0.1) is 0 Å². The van der Waals surface area contributed by atoms with Gasteiger partial charge in [0, 0.05) is 24.3 Å². The average Bonchev–Trinajstić information content (AvgIpc) is 3.39. The lowest BCUT2D eigenvalue weighted by Crippen LogP contribution is -2.29. The Morgan fingerprint density at radius 1 is 0.514 bits per heavy atom. The highest BCUT2D eigenvalue weighted by Crippen LogP contribution is 2.27. The zero-order valence-electron chi connectivity index (χ0n) is 18.1. The standard InChI is InChI=1S/C27H16N2O6/c30-23-13-14-24(31)28(23)20-7-1-17(2-8-20)18-5-11-22(12-6-18)35-27(34)19-3-9-21(10-4-19)29-25(32)15-16-26(29)33/h1-16H. The average molecular weight is 464 g/mol. The third-order valence-electron chi connectivity index (χ3n) is 5.50. The van der Waals surface area contributed by atoms with Crippen LogP contribution in [0, 0.1) is 0 Å². The van der Waals surface area contributed by atoms with Gasteiger partial charge >= 0.3 is 5.97 Å². The maximum absolute atomic E-state index is 12.5. The fourth-order valence-electron chi connectivity index (χ4n) is 3.74. The fraction of sp³-hybridized carbons (Fsp3) is 0. The number of imide groups is 2. The van der Waals surface area contributed by atoms with Gasteiger partial charge in [0.05, 0.1) is 16.9 Å². The van der Waals surface area contributed by atoms with Crippen molar-refractivity contribution in [2.75, 3.05) is 9.80 Å². The summed E-state index contributed by atoms with van der Waals surface area (Å²) in [7, 11) is 0. The van der Waals surface area contributed by atoms with Gasteiger partial charge in [-0.05, 0) is 59.7 Å². The number of anilines is 2. The third-order valence-corrected chi connectivity index (χ3v) is 5.50. The van der Waals surface area contributed by atoms with Gasteiger partial charge in [-0.2, -0.15) is 0 Å². The number of rotatable bonds is 5. The smallest absolute Gasteiger partial charge is 0.343 e. The number of carbonyl (C=O) groups is 5. The molecule has 2 aliphatic rings. The van der Waals surface area contributed by atoms with E-state index < -0.39 is 17.8 Å². The minimum atomic E-state index is -0.584. The molecule has 3 aromatic rings. The maximum Gasteiger partial charge on any atom is 0.343 e. The van der Waals surface area contributed by atoms with Crippen molar-refractivity contribution in [1.82, 2.24) is 0 Å². The van der Waals surface area contributed by atoms with E-state index in [9.17, 15) is 24.0 Å². The second-order valence-corrected chi connectivity index (χ2v) is 7.70. The first-order valence-electron chi connectivity index (χ1n) is 10.6. The van der Waals surface area contributed by atoms with E-state index in [1.165, 1.54) is 48.6 Å². The first-order valence-corrected chi connectivity index (χ1v) is 10.6. The van der Waals surface area contributed by atoms with Crippen molar-refractivity contribution in [1.29, 1.82) is 0 Å². The molecule has 0 bridgehead atoms. The summed E-state index contributed by atoms with van der Waals surface area (Å²) in [6.07, 6.45) is 4.85. The predicted molar refractivity (Wildman–Crippen MR) is 127 cm³/mol. The molecule has 8 nitrogen and oxygen atoms in total. The van der Waals surface area contributed by atoms with Crippen LogP contribution in [-0.4, -0.2) is 29.6 Å². The first-order chi connectivity index (χ1) is 16.9. The minimum absolute atomic E-state index is 0.265. The van der Waals surface area contributed by atoms with Crippen molar-refractivity contribution >= 4 is 41.0 Å². The van der Waals surface area contributed by atoms with Crippen molar-refractivity contribution in [3.05, 3.63) is 103 Å². The summed E-state index contributed by atoms with van der Waals surface area (Å²) in [5.74, 6) is -1.87. The van der Waals surface area contributed by atoms with Crippen LogP contribution < -0.4 is 14.5 Å². The highest BCUT2D eigenvalue weighted by Gasteiger charge is 2.26. The Balaban J connectivity index is 1.24. The van der Waals surface area contributed by atoms with Crippen molar-refractivity contribution in [2.45, 2.75) is 0 Å². The summed E-state index contributed by atoms with van der Waals surface area (Å²) in [4.78, 5) is 61.8. The minimum Gasteiger partial charge on any atom is -0.423 e. The van der Waals surface area contributed by atoms with Crippen molar-refractivity contribution in [3.8, 4) is 16.9 Å². The normalized spacial score (nSPS) is 14.9. The molecule has 0 saturated carbocycles. The van der Waals surface area contributed by atoms with E-state index in [1.807, 2.05) is 0 Å². The van der Waals surface area contributed by atoms with Crippen LogP contribution >= 0.6 is 0 Å². The van der Waals surface area contributed by atoms with Crippen LogP contribution in [-0.2, 0) is 19.2 Å². The summed E-state index contributed by atoms with van der Waals surface area (Å²) >= 11 is 0. The molecule has 0 atom stereocenters. The van der Waals surface area contributed by atoms with Crippen LogP contribution in [0.4, 0.5) is 11.4 Å². The van der Waals surface area contributed by atoms with Gasteiger partial charge in [0.25, 0.3) is 23.6 Å². The lowest BCUT2D eigenvalue weighted by Gasteiger charge is -2.14. The molecule has 0 fully saturated rings. The summed E-state index contributed by atoms with van der Waals surface area (Å²) in [6.45, 7) is 0. The lowest BCUT2D eigenvalue weighted by molar-refractivity contribution is -0.121. The van der Waals surface area contributed by atoms with Crippen LogP contribution in [0.15, 0.2) is 97.1 Å². The summed E-state index contributed by atoms with van der Waals surface area (Å²) in [5, 5.41) is 0. The van der Waals surface area contributed by atoms with E-state index in [1.54, 1.807) is 48.5 Å². The van der Waals surface area contributed by atoms with Crippen molar-refractivity contribution in [2.24, 2.45) is 0 Å². The van der Waals surface area contributed by atoms with Crippen LogP contribution in [0.2, 0.25) is 0 Å². The molecule has 0 aliphatic carbocycles. The Hall–Kier alpha value is -5.11. The number of hydrogen-bond acceptors (Lipinski definition) is 6. The fourth-order valence-corrected chi connectivity index (χ4v) is 3.74. The van der Waals surface area contributed by atoms with Crippen molar-refractivity contribution < 1.29 is 28.7 Å². The number of carbonyl (C=O) groups excluding carboxylic acids is 5. The van der Waals surface area contributed by atoms with Gasteiger partial charge in [0.2, 0.25) is 0 Å². The molecule has 5 rings (SSSR count). The quantitative estimate of drug-likeness (QED) is 0.326. The van der Waals surface area contributed by atoms with Crippen LogP contribution in [0.25, 0.3) is 11.1 Å². The zero-order chi connectivity index (χ0) is 24.5. The largest absolute Gasteiger partial charge is 0.423 e. The zero-order valence-corrected chi connectivity index (χ0v) is 18.1. The van der Waals surface area contributed by atoms with Gasteiger partial charge in [-0.3, -0.25) is 19.2 Å². The van der Waals surface area contributed by atoms with Gasteiger partial charge < -0.3 is 4.74 Å². The van der Waals surface area contributed by atoms with E-state index in [0.29, 0.717) is 17.1 Å². The molecule has 2 heterocycles. The number of benzene rings is 3. The molecule has 170 valence electrons.